The van der Waals surface area contributed by atoms with E-state index in [0.717, 1.165) is 56.9 Å². The molecule has 1 amide bonds. The lowest BCUT2D eigenvalue weighted by Crippen LogP contribution is -2.37. The van der Waals surface area contributed by atoms with Gasteiger partial charge in [0.2, 0.25) is 0 Å². The van der Waals surface area contributed by atoms with Crippen molar-refractivity contribution in [3.05, 3.63) is 34.9 Å². The highest BCUT2D eigenvalue weighted by Gasteiger charge is 2.24. The zero-order valence-corrected chi connectivity index (χ0v) is 17.2. The normalized spacial score (nSPS) is 23.5. The Labute approximate surface area is 173 Å². The zero-order valence-electron chi connectivity index (χ0n) is 16.4. The number of ether oxygens (including phenoxy) is 1. The minimum absolute atomic E-state index is 0. The van der Waals surface area contributed by atoms with E-state index >= 15 is 0 Å². The molecule has 152 valence electrons. The van der Waals surface area contributed by atoms with E-state index in [4.69, 9.17) is 10.00 Å². The monoisotopic (exact) mass is 404 g/mol. The van der Waals surface area contributed by atoms with E-state index in [2.05, 4.69) is 11.4 Å². The van der Waals surface area contributed by atoms with Gasteiger partial charge < -0.3 is 10.1 Å². The van der Waals surface area contributed by atoms with Gasteiger partial charge in [-0.1, -0.05) is 6.07 Å². The Balaban J connectivity index is 0.00000280. The third-order valence-corrected chi connectivity index (χ3v) is 6.05. The van der Waals surface area contributed by atoms with Gasteiger partial charge in [-0.05, 0) is 80.5 Å². The Morgan fingerprint density at radius 1 is 1.18 bits per heavy atom. The predicted molar refractivity (Wildman–Crippen MR) is 109 cm³/mol. The van der Waals surface area contributed by atoms with Gasteiger partial charge in [-0.25, -0.2) is 0 Å². The van der Waals surface area contributed by atoms with Gasteiger partial charge in [0, 0.05) is 18.0 Å². The summed E-state index contributed by atoms with van der Waals surface area (Å²) in [5, 5.41) is 12.3. The molecule has 1 aromatic carbocycles. The number of methoxy groups -OCH3 is 1. The van der Waals surface area contributed by atoms with Crippen LogP contribution in [0.2, 0.25) is 0 Å². The maximum atomic E-state index is 12.6. The second kappa shape index (κ2) is 10.5. The predicted octanol–water partition coefficient (Wildman–Crippen LogP) is 3.98. The Kier molecular flexibility index (Phi) is 8.32. The quantitative estimate of drug-likeness (QED) is 0.753. The SMILES string of the molecule is COC(=O)CC[C@H]1CC[C@H](NC(=O)c2ccc3c(c2)CCC(C#N)C3)CC1.Cl. The lowest BCUT2D eigenvalue weighted by Gasteiger charge is -2.29. The highest BCUT2D eigenvalue weighted by atomic mass is 35.5. The number of amides is 1. The lowest BCUT2D eigenvalue weighted by molar-refractivity contribution is -0.141. The number of halogens is 1. The van der Waals surface area contributed by atoms with Gasteiger partial charge in [0.05, 0.1) is 19.1 Å². The highest BCUT2D eigenvalue weighted by molar-refractivity contribution is 5.94. The van der Waals surface area contributed by atoms with Crippen LogP contribution in [-0.2, 0) is 22.4 Å². The van der Waals surface area contributed by atoms with Crippen molar-refractivity contribution >= 4 is 24.3 Å². The smallest absolute Gasteiger partial charge is 0.305 e. The van der Waals surface area contributed by atoms with Crippen molar-refractivity contribution in [2.24, 2.45) is 11.8 Å². The number of hydrogen-bond acceptors (Lipinski definition) is 4. The summed E-state index contributed by atoms with van der Waals surface area (Å²) >= 11 is 0. The van der Waals surface area contributed by atoms with Crippen molar-refractivity contribution in [1.82, 2.24) is 5.32 Å². The average Bonchev–Trinajstić information content (AvgIpc) is 2.72. The van der Waals surface area contributed by atoms with E-state index in [1.165, 1.54) is 18.2 Å². The second-order valence-corrected chi connectivity index (χ2v) is 7.86. The number of aryl methyl sites for hydroxylation is 1. The van der Waals surface area contributed by atoms with Crippen LogP contribution in [0.5, 0.6) is 0 Å². The summed E-state index contributed by atoms with van der Waals surface area (Å²) in [6.45, 7) is 0. The van der Waals surface area contributed by atoms with Gasteiger partial charge in [0.25, 0.3) is 5.91 Å². The molecule has 0 aliphatic heterocycles. The number of nitrogens with one attached hydrogen (secondary N) is 1. The Bertz CT molecular complexity index is 736. The number of hydrogen-bond donors (Lipinski definition) is 1. The van der Waals surface area contributed by atoms with Gasteiger partial charge in [0.1, 0.15) is 0 Å². The summed E-state index contributed by atoms with van der Waals surface area (Å²) < 4.78 is 4.70. The van der Waals surface area contributed by atoms with Crippen molar-refractivity contribution in [2.45, 2.75) is 63.8 Å². The summed E-state index contributed by atoms with van der Waals surface area (Å²) in [5.74, 6) is 0.512. The lowest BCUT2D eigenvalue weighted by atomic mass is 9.83. The first kappa shape index (κ1) is 22.2. The molecule has 1 saturated carbocycles. The molecule has 5 nitrogen and oxygen atoms in total. The maximum Gasteiger partial charge on any atom is 0.305 e. The number of rotatable bonds is 5. The van der Waals surface area contributed by atoms with Gasteiger partial charge in [-0.2, -0.15) is 5.26 Å². The van der Waals surface area contributed by atoms with E-state index < -0.39 is 0 Å². The molecule has 0 radical (unpaired) electrons. The number of nitriles is 1. The largest absolute Gasteiger partial charge is 0.469 e. The van der Waals surface area contributed by atoms with Crippen LogP contribution in [0.4, 0.5) is 0 Å². The maximum absolute atomic E-state index is 12.6. The number of carbonyl (C=O) groups excluding carboxylic acids is 2. The minimum Gasteiger partial charge on any atom is -0.469 e. The van der Waals surface area contributed by atoms with Gasteiger partial charge in [-0.15, -0.1) is 12.4 Å². The van der Waals surface area contributed by atoms with Crippen LogP contribution in [0.1, 0.15) is 66.4 Å². The van der Waals surface area contributed by atoms with E-state index in [0.29, 0.717) is 12.3 Å². The number of benzene rings is 1. The fraction of sp³-hybridized carbons (Fsp3) is 0.591. The van der Waals surface area contributed by atoms with Gasteiger partial charge in [-0.3, -0.25) is 9.59 Å². The third kappa shape index (κ3) is 5.72. The average molecular weight is 405 g/mol. The standard InChI is InChI=1S/C22H28N2O3.ClH/c1-27-21(25)11-5-15-3-9-20(10-4-15)24-22(26)19-8-7-17-12-16(14-23)2-6-18(17)13-19;/h7-8,13,15-16,20H,2-6,9-12H2,1H3,(H,24,26);1H/t15-,16?,20-;. The molecule has 2 aliphatic carbocycles. The molecule has 3 rings (SSSR count). The summed E-state index contributed by atoms with van der Waals surface area (Å²) in [4.78, 5) is 23.9. The number of fused-ring (bicyclic) bond motifs is 1. The molecular formula is C22H29ClN2O3. The number of esters is 1. The van der Waals surface area contributed by atoms with Crippen LogP contribution in [0.3, 0.4) is 0 Å². The summed E-state index contributed by atoms with van der Waals surface area (Å²) in [7, 11) is 1.43. The first-order valence-corrected chi connectivity index (χ1v) is 9.98. The minimum atomic E-state index is -0.140. The van der Waals surface area contributed by atoms with E-state index in [9.17, 15) is 9.59 Å². The number of nitrogens with zero attached hydrogens (tertiary/aromatic N) is 1. The van der Waals surface area contributed by atoms with Crippen LogP contribution < -0.4 is 5.32 Å². The number of carbonyl (C=O) groups is 2. The molecule has 6 heteroatoms. The third-order valence-electron chi connectivity index (χ3n) is 6.05. The fourth-order valence-electron chi connectivity index (χ4n) is 4.29. The molecule has 1 N–H and O–H groups in total. The fourth-order valence-corrected chi connectivity index (χ4v) is 4.29. The molecular weight excluding hydrogens is 376 g/mol. The van der Waals surface area contributed by atoms with Crippen molar-refractivity contribution in [3.63, 3.8) is 0 Å². The first-order chi connectivity index (χ1) is 13.1. The molecule has 1 fully saturated rings. The van der Waals surface area contributed by atoms with Gasteiger partial charge >= 0.3 is 5.97 Å². The zero-order chi connectivity index (χ0) is 19.2. The molecule has 0 bridgehead atoms. The van der Waals surface area contributed by atoms with Crippen LogP contribution in [0.15, 0.2) is 18.2 Å². The molecule has 1 atom stereocenters. The van der Waals surface area contributed by atoms with Crippen molar-refractivity contribution in [3.8, 4) is 6.07 Å². The van der Waals surface area contributed by atoms with Crippen molar-refractivity contribution in [2.75, 3.05) is 7.11 Å². The van der Waals surface area contributed by atoms with Crippen molar-refractivity contribution in [1.29, 1.82) is 5.26 Å². The van der Waals surface area contributed by atoms with Crippen LogP contribution in [0.25, 0.3) is 0 Å². The van der Waals surface area contributed by atoms with E-state index in [-0.39, 0.29) is 36.2 Å². The Morgan fingerprint density at radius 2 is 1.93 bits per heavy atom. The summed E-state index contributed by atoms with van der Waals surface area (Å²) in [6, 6.07) is 8.46. The van der Waals surface area contributed by atoms with E-state index in [1.807, 2.05) is 18.2 Å². The molecule has 0 heterocycles. The Morgan fingerprint density at radius 3 is 2.61 bits per heavy atom. The molecule has 28 heavy (non-hydrogen) atoms. The second-order valence-electron chi connectivity index (χ2n) is 7.86. The van der Waals surface area contributed by atoms with Gasteiger partial charge in [0.15, 0.2) is 0 Å². The Hall–Kier alpha value is -2.06. The molecule has 1 unspecified atom stereocenters. The molecule has 0 spiro atoms. The van der Waals surface area contributed by atoms with Crippen LogP contribution in [-0.4, -0.2) is 25.0 Å². The highest BCUT2D eigenvalue weighted by Crippen LogP contribution is 2.29. The molecule has 0 aromatic heterocycles. The van der Waals surface area contributed by atoms with Crippen molar-refractivity contribution < 1.29 is 14.3 Å². The summed E-state index contributed by atoms with van der Waals surface area (Å²) in [6.07, 6.45) is 7.93. The van der Waals surface area contributed by atoms with Crippen LogP contribution >= 0.6 is 12.4 Å². The first-order valence-electron chi connectivity index (χ1n) is 9.98. The topological polar surface area (TPSA) is 79.2 Å². The summed E-state index contributed by atoms with van der Waals surface area (Å²) in [5.41, 5.74) is 3.13. The van der Waals surface area contributed by atoms with E-state index in [1.54, 1.807) is 0 Å². The molecule has 2 aliphatic rings. The van der Waals surface area contributed by atoms with Crippen LogP contribution in [0, 0.1) is 23.2 Å². The molecule has 0 saturated heterocycles. The molecule has 1 aromatic rings.